The Kier molecular flexibility index (Phi) is 4.15. The van der Waals surface area contributed by atoms with Crippen molar-refractivity contribution in [1.29, 1.82) is 0 Å². The lowest BCUT2D eigenvalue weighted by Gasteiger charge is -2.30. The number of hydrogen-bond acceptors (Lipinski definition) is 2. The zero-order chi connectivity index (χ0) is 12.3. The topological polar surface area (TPSA) is 37.4 Å². The highest BCUT2D eigenvalue weighted by molar-refractivity contribution is 14.1. The second-order valence-corrected chi connectivity index (χ2v) is 5.41. The zero-order valence-corrected chi connectivity index (χ0v) is 11.6. The summed E-state index contributed by atoms with van der Waals surface area (Å²) in [6, 6.07) is 7.60. The maximum Gasteiger partial charge on any atom is 0.254 e. The van der Waals surface area contributed by atoms with Crippen LogP contribution in [0.3, 0.4) is 0 Å². The van der Waals surface area contributed by atoms with E-state index in [1.807, 2.05) is 29.2 Å². The third kappa shape index (κ3) is 2.86. The third-order valence-electron chi connectivity index (χ3n) is 3.12. The minimum absolute atomic E-state index is 0.0827. The highest BCUT2D eigenvalue weighted by atomic mass is 127. The number of carbonyl (C=O) groups is 2. The van der Waals surface area contributed by atoms with Crippen LogP contribution in [0.15, 0.2) is 24.3 Å². The Morgan fingerprint density at radius 3 is 2.53 bits per heavy atom. The fourth-order valence-corrected chi connectivity index (χ4v) is 2.66. The lowest BCUT2D eigenvalue weighted by atomic mass is 9.98. The van der Waals surface area contributed by atoms with Crippen molar-refractivity contribution in [2.45, 2.75) is 12.8 Å². The molecule has 0 aromatic heterocycles. The van der Waals surface area contributed by atoms with Crippen LogP contribution < -0.4 is 0 Å². The first-order valence-electron chi connectivity index (χ1n) is 5.71. The highest BCUT2D eigenvalue weighted by Crippen LogP contribution is 2.19. The van der Waals surface area contributed by atoms with E-state index in [0.29, 0.717) is 13.1 Å². The van der Waals surface area contributed by atoms with Crippen molar-refractivity contribution < 1.29 is 9.59 Å². The first-order valence-corrected chi connectivity index (χ1v) is 6.79. The molecule has 1 aliphatic heterocycles. The van der Waals surface area contributed by atoms with Gasteiger partial charge in [0.1, 0.15) is 6.29 Å². The number of hydrogen-bond donors (Lipinski definition) is 0. The molecule has 1 aromatic rings. The van der Waals surface area contributed by atoms with E-state index < -0.39 is 0 Å². The standard InChI is InChI=1S/C13H14INO2/c14-12-4-2-1-3-11(12)13(17)15-7-5-10(9-16)6-8-15/h1-4,9-10H,5-8H2. The minimum atomic E-state index is 0.0827. The molecule has 1 aliphatic rings. The van der Waals surface area contributed by atoms with E-state index in [4.69, 9.17) is 0 Å². The second-order valence-electron chi connectivity index (χ2n) is 4.25. The normalized spacial score (nSPS) is 16.9. The summed E-state index contributed by atoms with van der Waals surface area (Å²) >= 11 is 2.18. The van der Waals surface area contributed by atoms with Crippen molar-refractivity contribution in [2.24, 2.45) is 5.92 Å². The van der Waals surface area contributed by atoms with Crippen LogP contribution in [0.2, 0.25) is 0 Å². The molecule has 0 bridgehead atoms. The quantitative estimate of drug-likeness (QED) is 0.611. The van der Waals surface area contributed by atoms with Gasteiger partial charge in [-0.2, -0.15) is 0 Å². The van der Waals surface area contributed by atoms with Gasteiger partial charge < -0.3 is 9.69 Å². The molecule has 90 valence electrons. The van der Waals surface area contributed by atoms with Gasteiger partial charge in [0.15, 0.2) is 0 Å². The number of likely N-dealkylation sites (tertiary alicyclic amines) is 1. The van der Waals surface area contributed by atoms with Gasteiger partial charge in [0.25, 0.3) is 5.91 Å². The number of benzene rings is 1. The molecule has 0 unspecified atom stereocenters. The molecule has 3 nitrogen and oxygen atoms in total. The number of nitrogens with zero attached hydrogens (tertiary/aromatic N) is 1. The molecule has 1 aromatic carbocycles. The van der Waals surface area contributed by atoms with Crippen LogP contribution in [0.1, 0.15) is 23.2 Å². The summed E-state index contributed by atoms with van der Waals surface area (Å²) in [5.74, 6) is 0.216. The van der Waals surface area contributed by atoms with Crippen LogP contribution in [0.4, 0.5) is 0 Å². The lowest BCUT2D eigenvalue weighted by Crippen LogP contribution is -2.39. The number of halogens is 1. The predicted molar refractivity (Wildman–Crippen MR) is 73.9 cm³/mol. The van der Waals surface area contributed by atoms with Crippen molar-refractivity contribution >= 4 is 34.8 Å². The van der Waals surface area contributed by atoms with Gasteiger partial charge in [-0.25, -0.2) is 0 Å². The summed E-state index contributed by atoms with van der Waals surface area (Å²) in [4.78, 5) is 24.7. The summed E-state index contributed by atoms with van der Waals surface area (Å²) in [5, 5.41) is 0. The van der Waals surface area contributed by atoms with E-state index in [1.165, 1.54) is 0 Å². The predicted octanol–water partition coefficient (Wildman–Crippen LogP) is 2.34. The molecule has 1 heterocycles. The van der Waals surface area contributed by atoms with E-state index in [1.54, 1.807) is 0 Å². The lowest BCUT2D eigenvalue weighted by molar-refractivity contribution is -0.112. The smallest absolute Gasteiger partial charge is 0.254 e. The van der Waals surface area contributed by atoms with Gasteiger partial charge >= 0.3 is 0 Å². The summed E-state index contributed by atoms with van der Waals surface area (Å²) in [7, 11) is 0. The van der Waals surface area contributed by atoms with E-state index in [-0.39, 0.29) is 11.8 Å². The number of carbonyl (C=O) groups excluding carboxylic acids is 2. The van der Waals surface area contributed by atoms with Crippen LogP contribution in [-0.4, -0.2) is 30.2 Å². The second kappa shape index (κ2) is 5.62. The van der Waals surface area contributed by atoms with Crippen molar-refractivity contribution in [3.63, 3.8) is 0 Å². The van der Waals surface area contributed by atoms with Crippen molar-refractivity contribution in [3.05, 3.63) is 33.4 Å². The Bertz CT molecular complexity index is 425. The van der Waals surface area contributed by atoms with E-state index in [0.717, 1.165) is 28.3 Å². The Labute approximate surface area is 114 Å². The minimum Gasteiger partial charge on any atom is -0.339 e. The summed E-state index contributed by atoms with van der Waals surface area (Å²) in [6.45, 7) is 1.38. The van der Waals surface area contributed by atoms with Gasteiger partial charge in [0, 0.05) is 22.6 Å². The molecule has 1 saturated heterocycles. The molecule has 4 heteroatoms. The van der Waals surface area contributed by atoms with Gasteiger partial charge in [0.2, 0.25) is 0 Å². The molecule has 0 N–H and O–H groups in total. The Balaban J connectivity index is 2.07. The summed E-state index contributed by atoms with van der Waals surface area (Å²) < 4.78 is 0.979. The van der Waals surface area contributed by atoms with Crippen molar-refractivity contribution in [2.75, 3.05) is 13.1 Å². The number of amides is 1. The average molecular weight is 343 g/mol. The highest BCUT2D eigenvalue weighted by Gasteiger charge is 2.23. The number of aldehydes is 1. The van der Waals surface area contributed by atoms with Gasteiger partial charge in [-0.15, -0.1) is 0 Å². The van der Waals surface area contributed by atoms with Crippen LogP contribution in [0, 0.1) is 9.49 Å². The molecule has 1 amide bonds. The van der Waals surface area contributed by atoms with Crippen LogP contribution in [0.25, 0.3) is 0 Å². The van der Waals surface area contributed by atoms with Crippen molar-refractivity contribution in [1.82, 2.24) is 4.90 Å². The first-order chi connectivity index (χ1) is 8.22. The molecule has 17 heavy (non-hydrogen) atoms. The SMILES string of the molecule is O=CC1CCN(C(=O)c2ccccc2I)CC1. The Morgan fingerprint density at radius 2 is 1.94 bits per heavy atom. The van der Waals surface area contributed by atoms with Crippen LogP contribution >= 0.6 is 22.6 Å². The summed E-state index contributed by atoms with van der Waals surface area (Å²) in [6.07, 6.45) is 2.59. The van der Waals surface area contributed by atoms with Crippen LogP contribution in [0.5, 0.6) is 0 Å². The van der Waals surface area contributed by atoms with E-state index in [2.05, 4.69) is 22.6 Å². The van der Waals surface area contributed by atoms with E-state index in [9.17, 15) is 9.59 Å². The zero-order valence-electron chi connectivity index (χ0n) is 9.43. The fraction of sp³-hybridized carbons (Fsp3) is 0.385. The van der Waals surface area contributed by atoms with Gasteiger partial charge in [-0.1, -0.05) is 12.1 Å². The molecule has 1 fully saturated rings. The van der Waals surface area contributed by atoms with Crippen LogP contribution in [-0.2, 0) is 4.79 Å². The first kappa shape index (κ1) is 12.5. The molecular formula is C13H14INO2. The maximum absolute atomic E-state index is 12.2. The summed E-state index contributed by atoms with van der Waals surface area (Å²) in [5.41, 5.74) is 0.762. The monoisotopic (exact) mass is 343 g/mol. The van der Waals surface area contributed by atoms with Gasteiger partial charge in [-0.3, -0.25) is 4.79 Å². The number of rotatable bonds is 2. The fourth-order valence-electron chi connectivity index (χ4n) is 2.04. The average Bonchev–Trinajstić information content (AvgIpc) is 2.39. The molecular weight excluding hydrogens is 329 g/mol. The molecule has 0 radical (unpaired) electrons. The maximum atomic E-state index is 12.2. The molecule has 0 atom stereocenters. The Hall–Kier alpha value is -0.910. The molecule has 2 rings (SSSR count). The largest absolute Gasteiger partial charge is 0.339 e. The third-order valence-corrected chi connectivity index (χ3v) is 4.06. The van der Waals surface area contributed by atoms with Gasteiger partial charge in [-0.05, 0) is 47.6 Å². The molecule has 0 saturated carbocycles. The molecule has 0 aliphatic carbocycles. The number of piperidine rings is 1. The molecule has 0 spiro atoms. The Morgan fingerprint density at radius 1 is 1.29 bits per heavy atom. The van der Waals surface area contributed by atoms with Gasteiger partial charge in [0.05, 0.1) is 5.56 Å². The van der Waals surface area contributed by atoms with Crippen molar-refractivity contribution in [3.8, 4) is 0 Å². The van der Waals surface area contributed by atoms with E-state index >= 15 is 0 Å².